The van der Waals surface area contributed by atoms with Gasteiger partial charge in [0, 0.05) is 33.2 Å². The standard InChI is InChI=1S/C11H14ClF3N4O/c1-17-3-5-19(6-4-17)10(20)8-7(12)9(11(13,14)15)16-18(8)2/h3-6H2,1-2H3. The zero-order chi connectivity index (χ0) is 15.1. The second-order valence-corrected chi connectivity index (χ2v) is 5.11. The van der Waals surface area contributed by atoms with Crippen LogP contribution in [0.25, 0.3) is 0 Å². The summed E-state index contributed by atoms with van der Waals surface area (Å²) in [4.78, 5) is 15.8. The number of hydrogen-bond acceptors (Lipinski definition) is 3. The highest BCUT2D eigenvalue weighted by Gasteiger charge is 2.40. The van der Waals surface area contributed by atoms with Crippen molar-refractivity contribution in [2.45, 2.75) is 6.18 Å². The van der Waals surface area contributed by atoms with Crippen LogP contribution in [0.1, 0.15) is 16.2 Å². The van der Waals surface area contributed by atoms with Crippen molar-refractivity contribution in [2.75, 3.05) is 33.2 Å². The molecule has 0 atom stereocenters. The molecule has 1 aromatic rings. The Morgan fingerprint density at radius 2 is 1.75 bits per heavy atom. The van der Waals surface area contributed by atoms with Gasteiger partial charge in [0.15, 0.2) is 5.69 Å². The molecule has 1 aliphatic rings. The van der Waals surface area contributed by atoms with Crippen molar-refractivity contribution < 1.29 is 18.0 Å². The van der Waals surface area contributed by atoms with Gasteiger partial charge < -0.3 is 9.80 Å². The number of amides is 1. The molecule has 0 radical (unpaired) electrons. The van der Waals surface area contributed by atoms with Crippen molar-refractivity contribution in [2.24, 2.45) is 7.05 Å². The second kappa shape index (κ2) is 5.25. The van der Waals surface area contributed by atoms with Crippen LogP contribution in [0.2, 0.25) is 5.02 Å². The molecular weight excluding hydrogens is 297 g/mol. The van der Waals surface area contributed by atoms with Crippen LogP contribution in [0, 0.1) is 0 Å². The molecule has 1 aromatic heterocycles. The van der Waals surface area contributed by atoms with Crippen molar-refractivity contribution >= 4 is 17.5 Å². The molecule has 20 heavy (non-hydrogen) atoms. The van der Waals surface area contributed by atoms with E-state index in [2.05, 4.69) is 5.10 Å². The zero-order valence-electron chi connectivity index (χ0n) is 11.0. The fourth-order valence-corrected chi connectivity index (χ4v) is 2.42. The average molecular weight is 311 g/mol. The van der Waals surface area contributed by atoms with Gasteiger partial charge in [0.05, 0.1) is 0 Å². The molecule has 0 spiro atoms. The van der Waals surface area contributed by atoms with Crippen molar-refractivity contribution in [3.05, 3.63) is 16.4 Å². The van der Waals surface area contributed by atoms with Crippen molar-refractivity contribution in [1.82, 2.24) is 19.6 Å². The maximum Gasteiger partial charge on any atom is 0.436 e. The monoisotopic (exact) mass is 310 g/mol. The molecule has 0 unspecified atom stereocenters. The highest BCUT2D eigenvalue weighted by atomic mass is 35.5. The van der Waals surface area contributed by atoms with Gasteiger partial charge in [0.25, 0.3) is 5.91 Å². The van der Waals surface area contributed by atoms with Gasteiger partial charge in [-0.3, -0.25) is 9.48 Å². The number of piperazine rings is 1. The van der Waals surface area contributed by atoms with Crippen LogP contribution in [0.3, 0.4) is 0 Å². The summed E-state index contributed by atoms with van der Waals surface area (Å²) >= 11 is 5.70. The molecule has 1 saturated heterocycles. The van der Waals surface area contributed by atoms with Crippen LogP contribution < -0.4 is 0 Å². The van der Waals surface area contributed by atoms with Crippen molar-refractivity contribution in [1.29, 1.82) is 0 Å². The predicted molar refractivity (Wildman–Crippen MR) is 66.6 cm³/mol. The molecule has 9 heteroatoms. The Morgan fingerprint density at radius 1 is 1.20 bits per heavy atom. The Hall–Kier alpha value is -1.28. The van der Waals surface area contributed by atoms with Gasteiger partial charge in [0.1, 0.15) is 10.7 Å². The van der Waals surface area contributed by atoms with E-state index in [0.29, 0.717) is 26.2 Å². The van der Waals surface area contributed by atoms with Crippen LogP contribution in [-0.4, -0.2) is 58.7 Å². The van der Waals surface area contributed by atoms with E-state index in [1.54, 1.807) is 0 Å². The third-order valence-corrected chi connectivity index (χ3v) is 3.61. The molecule has 112 valence electrons. The van der Waals surface area contributed by atoms with Gasteiger partial charge >= 0.3 is 6.18 Å². The van der Waals surface area contributed by atoms with Crippen LogP contribution >= 0.6 is 11.6 Å². The summed E-state index contributed by atoms with van der Waals surface area (Å²) in [5.74, 6) is -0.520. The molecule has 1 aliphatic heterocycles. The molecule has 1 fully saturated rings. The van der Waals surface area contributed by atoms with E-state index >= 15 is 0 Å². The van der Waals surface area contributed by atoms with Gasteiger partial charge in [-0.1, -0.05) is 11.6 Å². The number of alkyl halides is 3. The van der Waals surface area contributed by atoms with Gasteiger partial charge in [-0.2, -0.15) is 18.3 Å². The SMILES string of the molecule is CN1CCN(C(=O)c2c(Cl)c(C(F)(F)F)nn2C)CC1. The average Bonchev–Trinajstić information content (AvgIpc) is 2.65. The number of carbonyl (C=O) groups excluding carboxylic acids is 1. The topological polar surface area (TPSA) is 41.4 Å². The first-order valence-electron chi connectivity index (χ1n) is 5.99. The summed E-state index contributed by atoms with van der Waals surface area (Å²) in [7, 11) is 3.20. The lowest BCUT2D eigenvalue weighted by Gasteiger charge is -2.32. The number of aryl methyl sites for hydroxylation is 1. The lowest BCUT2D eigenvalue weighted by molar-refractivity contribution is -0.141. The summed E-state index contributed by atoms with van der Waals surface area (Å²) in [6.45, 7) is 2.26. The van der Waals surface area contributed by atoms with Gasteiger partial charge in [0.2, 0.25) is 0 Å². The van der Waals surface area contributed by atoms with E-state index < -0.39 is 22.8 Å². The van der Waals surface area contributed by atoms with E-state index in [4.69, 9.17) is 11.6 Å². The minimum absolute atomic E-state index is 0.219. The van der Waals surface area contributed by atoms with Crippen LogP contribution in [0.4, 0.5) is 13.2 Å². The number of nitrogens with zero attached hydrogens (tertiary/aromatic N) is 4. The van der Waals surface area contributed by atoms with E-state index in [0.717, 1.165) is 4.68 Å². The number of rotatable bonds is 1. The fourth-order valence-electron chi connectivity index (χ4n) is 2.07. The maximum absolute atomic E-state index is 12.7. The summed E-state index contributed by atoms with van der Waals surface area (Å²) < 4.78 is 39.0. The summed E-state index contributed by atoms with van der Waals surface area (Å²) in [5, 5.41) is 2.68. The summed E-state index contributed by atoms with van der Waals surface area (Å²) in [5.41, 5.74) is -1.44. The Kier molecular flexibility index (Phi) is 3.97. The van der Waals surface area contributed by atoms with Crippen LogP contribution in [0.15, 0.2) is 0 Å². The van der Waals surface area contributed by atoms with Crippen LogP contribution in [-0.2, 0) is 13.2 Å². The maximum atomic E-state index is 12.7. The second-order valence-electron chi connectivity index (χ2n) is 4.73. The molecule has 0 aromatic carbocycles. The number of hydrogen-bond donors (Lipinski definition) is 0. The summed E-state index contributed by atoms with van der Waals surface area (Å²) in [6.07, 6.45) is -4.67. The van der Waals surface area contributed by atoms with Gasteiger partial charge in [-0.25, -0.2) is 0 Å². The number of halogens is 4. The highest BCUT2D eigenvalue weighted by molar-refractivity contribution is 6.34. The summed E-state index contributed by atoms with van der Waals surface area (Å²) in [6, 6.07) is 0. The number of carbonyl (C=O) groups is 1. The van der Waals surface area contributed by atoms with Crippen molar-refractivity contribution in [3.63, 3.8) is 0 Å². The molecular formula is C11H14ClF3N4O. The Morgan fingerprint density at radius 3 is 2.20 bits per heavy atom. The van der Waals surface area contributed by atoms with Gasteiger partial charge in [-0.15, -0.1) is 0 Å². The molecule has 0 N–H and O–H groups in total. The fraction of sp³-hybridized carbons (Fsp3) is 0.636. The Bertz CT molecular complexity index is 520. The number of likely N-dealkylation sites (N-methyl/N-ethyl adjacent to an activating group) is 1. The number of aromatic nitrogens is 2. The lowest BCUT2D eigenvalue weighted by atomic mass is 10.2. The molecule has 0 bridgehead atoms. The van der Waals surface area contributed by atoms with Crippen LogP contribution in [0.5, 0.6) is 0 Å². The zero-order valence-corrected chi connectivity index (χ0v) is 11.8. The third-order valence-electron chi connectivity index (χ3n) is 3.25. The van der Waals surface area contributed by atoms with E-state index in [9.17, 15) is 18.0 Å². The molecule has 0 aliphatic carbocycles. The third kappa shape index (κ3) is 2.76. The molecule has 2 heterocycles. The lowest BCUT2D eigenvalue weighted by Crippen LogP contribution is -2.47. The highest BCUT2D eigenvalue weighted by Crippen LogP contribution is 2.35. The molecule has 1 amide bonds. The first-order valence-corrected chi connectivity index (χ1v) is 6.37. The minimum atomic E-state index is -4.67. The largest absolute Gasteiger partial charge is 0.436 e. The minimum Gasteiger partial charge on any atom is -0.335 e. The Labute approximate surface area is 118 Å². The smallest absolute Gasteiger partial charge is 0.335 e. The first kappa shape index (κ1) is 15.1. The van der Waals surface area contributed by atoms with E-state index in [-0.39, 0.29) is 5.69 Å². The van der Waals surface area contributed by atoms with Crippen molar-refractivity contribution in [3.8, 4) is 0 Å². The Balaban J connectivity index is 2.29. The van der Waals surface area contributed by atoms with Gasteiger partial charge in [-0.05, 0) is 7.05 Å². The normalized spacial score (nSPS) is 17.6. The van der Waals surface area contributed by atoms with E-state index in [1.807, 2.05) is 11.9 Å². The first-order chi connectivity index (χ1) is 9.21. The quantitative estimate of drug-likeness (QED) is 0.789. The molecule has 0 saturated carbocycles. The predicted octanol–water partition coefficient (Wildman–Crippen LogP) is 1.48. The van der Waals surface area contributed by atoms with E-state index in [1.165, 1.54) is 11.9 Å². The molecule has 2 rings (SSSR count). The molecule has 5 nitrogen and oxygen atoms in total.